The molecule has 0 bridgehead atoms. The van der Waals surface area contributed by atoms with E-state index in [4.69, 9.17) is 10.7 Å². The third-order valence-electron chi connectivity index (χ3n) is 2.46. The molecule has 1 aliphatic heterocycles. The number of methoxy groups -OCH3 is 1. The minimum Gasteiger partial charge on any atom is -0.468 e. The Morgan fingerprint density at radius 1 is 1.57 bits per heavy atom. The largest absolute Gasteiger partial charge is 0.468 e. The maximum Gasteiger partial charge on any atom is 0.327 e. The third kappa shape index (κ3) is 1.87. The molecule has 0 aromatic carbocycles. The fraction of sp³-hybridized carbons (Fsp3) is 0.857. The van der Waals surface area contributed by atoms with E-state index in [2.05, 4.69) is 4.74 Å². The van der Waals surface area contributed by atoms with Crippen LogP contribution in [0.25, 0.3) is 0 Å². The molecule has 0 radical (unpaired) electrons. The summed E-state index contributed by atoms with van der Waals surface area (Å²) in [5, 5.41) is 0. The molecule has 0 aliphatic carbocycles. The first-order valence-corrected chi connectivity index (χ1v) is 6.40. The van der Waals surface area contributed by atoms with Crippen LogP contribution in [0.1, 0.15) is 19.8 Å². The molecule has 0 unspecified atom stereocenters. The highest BCUT2D eigenvalue weighted by atomic mass is 35.7. The summed E-state index contributed by atoms with van der Waals surface area (Å²) < 4.78 is 27.8. The fourth-order valence-corrected chi connectivity index (χ4v) is 3.37. The predicted octanol–water partition coefficient (Wildman–Crippen LogP) is 0.497. The minimum atomic E-state index is -3.86. The zero-order chi connectivity index (χ0) is 11.0. The SMILES string of the molecule is COC(=O)[C@]1(C)CCCN1S(=O)(=O)Cl. The Labute approximate surface area is 87.5 Å². The highest BCUT2D eigenvalue weighted by Crippen LogP contribution is 2.33. The van der Waals surface area contributed by atoms with Crippen LogP contribution in [0.15, 0.2) is 0 Å². The molecule has 7 heteroatoms. The average molecular weight is 242 g/mol. The van der Waals surface area contributed by atoms with Gasteiger partial charge in [-0.05, 0) is 19.8 Å². The number of carbonyl (C=O) groups is 1. The lowest BCUT2D eigenvalue weighted by atomic mass is 10.0. The molecule has 1 heterocycles. The fourth-order valence-electron chi connectivity index (χ4n) is 1.71. The number of hydrogen-bond acceptors (Lipinski definition) is 4. The van der Waals surface area contributed by atoms with Crippen LogP contribution in [0.3, 0.4) is 0 Å². The molecule has 5 nitrogen and oxygen atoms in total. The van der Waals surface area contributed by atoms with E-state index in [9.17, 15) is 13.2 Å². The average Bonchev–Trinajstić information content (AvgIpc) is 2.46. The van der Waals surface area contributed by atoms with Crippen LogP contribution in [0.5, 0.6) is 0 Å². The Hall–Kier alpha value is -0.330. The highest BCUT2D eigenvalue weighted by Gasteiger charge is 2.49. The van der Waals surface area contributed by atoms with Gasteiger partial charge < -0.3 is 4.74 Å². The Morgan fingerprint density at radius 2 is 2.14 bits per heavy atom. The van der Waals surface area contributed by atoms with Crippen molar-refractivity contribution >= 4 is 25.9 Å². The zero-order valence-electron chi connectivity index (χ0n) is 7.99. The van der Waals surface area contributed by atoms with Gasteiger partial charge in [0.25, 0.3) is 0 Å². The molecule has 0 N–H and O–H groups in total. The van der Waals surface area contributed by atoms with E-state index in [1.165, 1.54) is 14.0 Å². The van der Waals surface area contributed by atoms with Crippen molar-refractivity contribution in [1.29, 1.82) is 0 Å². The smallest absolute Gasteiger partial charge is 0.327 e. The van der Waals surface area contributed by atoms with Crippen molar-refractivity contribution in [2.75, 3.05) is 13.7 Å². The van der Waals surface area contributed by atoms with Crippen molar-refractivity contribution < 1.29 is 17.9 Å². The molecule has 1 rings (SSSR count). The topological polar surface area (TPSA) is 63.7 Å². The van der Waals surface area contributed by atoms with E-state index in [0.29, 0.717) is 12.8 Å². The van der Waals surface area contributed by atoms with Crippen molar-refractivity contribution in [3.63, 3.8) is 0 Å². The first kappa shape index (κ1) is 11.7. The first-order chi connectivity index (χ1) is 6.32. The second kappa shape index (κ2) is 3.67. The highest BCUT2D eigenvalue weighted by molar-refractivity contribution is 8.11. The number of nitrogens with zero attached hydrogens (tertiary/aromatic N) is 1. The normalized spacial score (nSPS) is 29.1. The van der Waals surface area contributed by atoms with Crippen LogP contribution in [0.2, 0.25) is 0 Å². The van der Waals surface area contributed by atoms with Crippen LogP contribution >= 0.6 is 10.7 Å². The summed E-state index contributed by atoms with van der Waals surface area (Å²) in [5.41, 5.74) is -1.14. The molecule has 1 atom stereocenters. The van der Waals surface area contributed by atoms with Crippen LogP contribution in [0.4, 0.5) is 0 Å². The van der Waals surface area contributed by atoms with Gasteiger partial charge in [0.05, 0.1) is 7.11 Å². The zero-order valence-corrected chi connectivity index (χ0v) is 9.56. The Bertz CT molecular complexity index is 342. The summed E-state index contributed by atoms with van der Waals surface area (Å²) in [6.45, 7) is 1.78. The molecular formula is C7H12ClNO4S. The van der Waals surface area contributed by atoms with Gasteiger partial charge in [0.15, 0.2) is 0 Å². The van der Waals surface area contributed by atoms with Gasteiger partial charge in [-0.2, -0.15) is 12.7 Å². The Kier molecular flexibility index (Phi) is 3.08. The second-order valence-corrected chi connectivity index (χ2v) is 5.82. The second-order valence-electron chi connectivity index (χ2n) is 3.38. The molecular weight excluding hydrogens is 230 g/mol. The molecule has 0 amide bonds. The Morgan fingerprint density at radius 3 is 2.57 bits per heavy atom. The molecule has 82 valence electrons. The van der Waals surface area contributed by atoms with Gasteiger partial charge in [-0.1, -0.05) is 0 Å². The van der Waals surface area contributed by atoms with E-state index in [0.717, 1.165) is 4.31 Å². The van der Waals surface area contributed by atoms with Crippen molar-refractivity contribution in [3.05, 3.63) is 0 Å². The van der Waals surface area contributed by atoms with Crippen molar-refractivity contribution in [2.45, 2.75) is 25.3 Å². The number of esters is 1. The first-order valence-electron chi connectivity index (χ1n) is 4.13. The van der Waals surface area contributed by atoms with E-state index < -0.39 is 20.7 Å². The maximum atomic E-state index is 11.4. The predicted molar refractivity (Wildman–Crippen MR) is 51.1 cm³/mol. The summed E-state index contributed by atoms with van der Waals surface area (Å²) in [6.07, 6.45) is 1.04. The summed E-state index contributed by atoms with van der Waals surface area (Å²) >= 11 is 0. The van der Waals surface area contributed by atoms with E-state index >= 15 is 0 Å². The van der Waals surface area contributed by atoms with Crippen LogP contribution in [-0.2, 0) is 18.8 Å². The molecule has 0 aromatic heterocycles. The van der Waals surface area contributed by atoms with Gasteiger partial charge in [-0.25, -0.2) is 0 Å². The van der Waals surface area contributed by atoms with Gasteiger partial charge in [0.1, 0.15) is 5.54 Å². The van der Waals surface area contributed by atoms with E-state index in [1.807, 2.05) is 0 Å². The minimum absolute atomic E-state index is 0.261. The van der Waals surface area contributed by atoms with Gasteiger partial charge in [-0.3, -0.25) is 4.79 Å². The summed E-state index contributed by atoms with van der Waals surface area (Å²) in [6, 6.07) is 0. The summed E-state index contributed by atoms with van der Waals surface area (Å²) in [5.74, 6) is -0.570. The molecule has 1 fully saturated rings. The van der Waals surface area contributed by atoms with Crippen LogP contribution in [-0.4, -0.2) is 37.9 Å². The maximum absolute atomic E-state index is 11.4. The van der Waals surface area contributed by atoms with Gasteiger partial charge >= 0.3 is 15.2 Å². The quantitative estimate of drug-likeness (QED) is 0.522. The molecule has 0 spiro atoms. The standard InChI is InChI=1S/C7H12ClNO4S/c1-7(6(10)13-2)4-3-5-9(7)14(8,11)12/h3-5H2,1-2H3/t7-/m0/s1. The van der Waals surface area contributed by atoms with Crippen molar-refractivity contribution in [3.8, 4) is 0 Å². The lowest BCUT2D eigenvalue weighted by Gasteiger charge is -2.28. The number of halogens is 1. The van der Waals surface area contributed by atoms with Gasteiger partial charge in [0, 0.05) is 17.2 Å². The lowest BCUT2D eigenvalue weighted by molar-refractivity contribution is -0.149. The van der Waals surface area contributed by atoms with Crippen LogP contribution in [0, 0.1) is 0 Å². The monoisotopic (exact) mass is 241 g/mol. The van der Waals surface area contributed by atoms with E-state index in [1.54, 1.807) is 0 Å². The number of rotatable bonds is 2. The molecule has 0 saturated carbocycles. The third-order valence-corrected chi connectivity index (χ3v) is 4.08. The molecule has 0 aromatic rings. The van der Waals surface area contributed by atoms with E-state index in [-0.39, 0.29) is 6.54 Å². The Balaban J connectivity index is 3.04. The number of ether oxygens (including phenoxy) is 1. The van der Waals surface area contributed by atoms with Gasteiger partial charge in [-0.15, -0.1) is 0 Å². The molecule has 14 heavy (non-hydrogen) atoms. The number of carbonyl (C=O) groups excluding carboxylic acids is 1. The van der Waals surface area contributed by atoms with Crippen molar-refractivity contribution in [1.82, 2.24) is 4.31 Å². The molecule has 1 saturated heterocycles. The summed E-state index contributed by atoms with van der Waals surface area (Å²) in [7, 11) is 2.58. The summed E-state index contributed by atoms with van der Waals surface area (Å²) in [4.78, 5) is 11.4. The number of hydrogen-bond donors (Lipinski definition) is 0. The van der Waals surface area contributed by atoms with Crippen molar-refractivity contribution in [2.24, 2.45) is 0 Å². The molecule has 1 aliphatic rings. The lowest BCUT2D eigenvalue weighted by Crippen LogP contribution is -2.49. The van der Waals surface area contributed by atoms with Crippen LogP contribution < -0.4 is 0 Å². The van der Waals surface area contributed by atoms with Gasteiger partial charge in [0.2, 0.25) is 0 Å².